The van der Waals surface area contributed by atoms with E-state index in [0.29, 0.717) is 0 Å². The summed E-state index contributed by atoms with van der Waals surface area (Å²) in [6.45, 7) is 0.789. The number of halogens is 1. The minimum absolute atomic E-state index is 0.789. The highest BCUT2D eigenvalue weighted by Crippen LogP contribution is 2.22. The molecular formula is C11H11ClN2S2. The van der Waals surface area contributed by atoms with Crippen LogP contribution in [-0.2, 0) is 6.54 Å². The fourth-order valence-corrected chi connectivity index (χ4v) is 2.63. The molecule has 2 aromatic heterocycles. The second kappa shape index (κ2) is 5.57. The second-order valence-corrected chi connectivity index (χ2v) is 5.77. The van der Waals surface area contributed by atoms with Gasteiger partial charge in [-0.15, -0.1) is 23.1 Å². The molecule has 5 heteroatoms. The lowest BCUT2D eigenvalue weighted by Crippen LogP contribution is -1.97. The van der Waals surface area contributed by atoms with Gasteiger partial charge in [0.25, 0.3) is 0 Å². The molecule has 0 spiro atoms. The Morgan fingerprint density at radius 2 is 2.25 bits per heavy atom. The number of hydrogen-bond acceptors (Lipinski definition) is 4. The van der Waals surface area contributed by atoms with Crippen molar-refractivity contribution in [2.45, 2.75) is 11.6 Å². The molecule has 0 aliphatic rings. The second-order valence-electron chi connectivity index (χ2n) is 3.15. The lowest BCUT2D eigenvalue weighted by Gasteiger charge is -2.04. The van der Waals surface area contributed by atoms with Crippen LogP contribution in [0.1, 0.15) is 4.88 Å². The number of rotatable bonds is 4. The number of anilines is 1. The van der Waals surface area contributed by atoms with Crippen LogP contribution in [0.3, 0.4) is 0 Å². The number of hydrogen-bond donors (Lipinski definition) is 1. The zero-order valence-electron chi connectivity index (χ0n) is 8.74. The zero-order valence-corrected chi connectivity index (χ0v) is 11.1. The van der Waals surface area contributed by atoms with Crippen molar-refractivity contribution < 1.29 is 0 Å². The molecule has 2 heterocycles. The van der Waals surface area contributed by atoms with Crippen LogP contribution in [-0.4, -0.2) is 11.2 Å². The highest BCUT2D eigenvalue weighted by molar-refractivity contribution is 7.98. The Morgan fingerprint density at radius 1 is 1.38 bits per heavy atom. The van der Waals surface area contributed by atoms with Gasteiger partial charge in [0.05, 0.1) is 21.2 Å². The Balaban J connectivity index is 1.94. The van der Waals surface area contributed by atoms with Crippen molar-refractivity contribution in [3.8, 4) is 0 Å². The quantitative estimate of drug-likeness (QED) is 0.846. The van der Waals surface area contributed by atoms with Crippen molar-refractivity contribution in [1.29, 1.82) is 0 Å². The van der Waals surface area contributed by atoms with Crippen LogP contribution in [0, 0.1) is 0 Å². The van der Waals surface area contributed by atoms with Gasteiger partial charge in [0.15, 0.2) is 0 Å². The smallest absolute Gasteiger partial charge is 0.0958 e. The number of pyridine rings is 1. The van der Waals surface area contributed by atoms with Gasteiger partial charge in [0.2, 0.25) is 0 Å². The van der Waals surface area contributed by atoms with E-state index in [0.717, 1.165) is 21.6 Å². The van der Waals surface area contributed by atoms with E-state index in [1.54, 1.807) is 23.1 Å². The third kappa shape index (κ3) is 3.14. The monoisotopic (exact) mass is 270 g/mol. The first-order valence-corrected chi connectivity index (χ1v) is 7.18. The molecule has 1 N–H and O–H groups in total. The maximum Gasteiger partial charge on any atom is 0.0958 e. The lowest BCUT2D eigenvalue weighted by molar-refractivity contribution is 1.11. The molecule has 0 aromatic carbocycles. The van der Waals surface area contributed by atoms with Crippen molar-refractivity contribution in [1.82, 2.24) is 4.98 Å². The van der Waals surface area contributed by atoms with Crippen LogP contribution in [0.25, 0.3) is 0 Å². The van der Waals surface area contributed by atoms with Crippen molar-refractivity contribution in [3.05, 3.63) is 39.7 Å². The fourth-order valence-electron chi connectivity index (χ4n) is 1.24. The van der Waals surface area contributed by atoms with E-state index in [1.807, 2.05) is 36.7 Å². The summed E-state index contributed by atoms with van der Waals surface area (Å²) in [6, 6.07) is 7.99. The molecular weight excluding hydrogens is 260 g/mol. The van der Waals surface area contributed by atoms with E-state index >= 15 is 0 Å². The number of thiophene rings is 1. The van der Waals surface area contributed by atoms with Crippen molar-refractivity contribution in [2.75, 3.05) is 11.6 Å². The standard InChI is InChI=1S/C11H11ClN2S2/c1-15-11-5-2-8(6-14-11)13-7-9-3-4-10(12)16-9/h2-6,13H,7H2,1H3. The maximum atomic E-state index is 5.86. The first-order chi connectivity index (χ1) is 7.78. The van der Waals surface area contributed by atoms with Crippen LogP contribution >= 0.6 is 34.7 Å². The summed E-state index contributed by atoms with van der Waals surface area (Å²) < 4.78 is 0.827. The number of thioether (sulfide) groups is 1. The largest absolute Gasteiger partial charge is 0.379 e. The summed E-state index contributed by atoms with van der Waals surface area (Å²) in [5.41, 5.74) is 1.03. The third-order valence-electron chi connectivity index (χ3n) is 2.04. The van der Waals surface area contributed by atoms with Crippen molar-refractivity contribution in [2.24, 2.45) is 0 Å². The molecule has 0 saturated carbocycles. The van der Waals surface area contributed by atoms with Gasteiger partial charge in [-0.05, 0) is 30.5 Å². The van der Waals surface area contributed by atoms with Gasteiger partial charge in [-0.3, -0.25) is 0 Å². The normalized spacial score (nSPS) is 10.4. The summed E-state index contributed by atoms with van der Waals surface area (Å²) in [5, 5.41) is 4.34. The SMILES string of the molecule is CSc1ccc(NCc2ccc(Cl)s2)cn1. The Kier molecular flexibility index (Phi) is 4.09. The van der Waals surface area contributed by atoms with Crippen molar-refractivity contribution in [3.63, 3.8) is 0 Å². The zero-order chi connectivity index (χ0) is 11.4. The Hall–Kier alpha value is -0.710. The fraction of sp³-hybridized carbons (Fsp3) is 0.182. The molecule has 2 rings (SSSR count). The van der Waals surface area contributed by atoms with E-state index < -0.39 is 0 Å². The van der Waals surface area contributed by atoms with Gasteiger partial charge in [0, 0.05) is 11.4 Å². The van der Waals surface area contributed by atoms with Gasteiger partial charge >= 0.3 is 0 Å². The van der Waals surface area contributed by atoms with Crippen LogP contribution in [0.4, 0.5) is 5.69 Å². The molecule has 0 bridgehead atoms. The van der Waals surface area contributed by atoms with Crippen LogP contribution < -0.4 is 5.32 Å². The minimum Gasteiger partial charge on any atom is -0.379 e. The average molecular weight is 271 g/mol. The molecule has 0 fully saturated rings. The van der Waals surface area contributed by atoms with Crippen LogP contribution in [0.15, 0.2) is 35.5 Å². The van der Waals surface area contributed by atoms with E-state index in [-0.39, 0.29) is 0 Å². The molecule has 0 aliphatic carbocycles. The molecule has 2 aromatic rings. The summed E-state index contributed by atoms with van der Waals surface area (Å²) in [6.07, 6.45) is 3.87. The van der Waals surface area contributed by atoms with E-state index in [9.17, 15) is 0 Å². The molecule has 0 amide bonds. The minimum atomic E-state index is 0.789. The molecule has 16 heavy (non-hydrogen) atoms. The topological polar surface area (TPSA) is 24.9 Å². The van der Waals surface area contributed by atoms with E-state index in [2.05, 4.69) is 10.3 Å². The predicted octanol–water partition coefficient (Wildman–Crippen LogP) is 4.13. The molecule has 2 nitrogen and oxygen atoms in total. The summed E-state index contributed by atoms with van der Waals surface area (Å²) >= 11 is 9.09. The van der Waals surface area contributed by atoms with E-state index in [4.69, 9.17) is 11.6 Å². The predicted molar refractivity (Wildman–Crippen MR) is 72.7 cm³/mol. The molecule has 0 aliphatic heterocycles. The molecule has 0 unspecified atom stereocenters. The maximum absolute atomic E-state index is 5.86. The highest BCUT2D eigenvalue weighted by atomic mass is 35.5. The van der Waals surface area contributed by atoms with Crippen LogP contribution in [0.2, 0.25) is 4.34 Å². The Labute approximate surface area is 108 Å². The molecule has 0 saturated heterocycles. The third-order valence-corrected chi connectivity index (χ3v) is 3.93. The Morgan fingerprint density at radius 3 is 2.81 bits per heavy atom. The number of nitrogens with zero attached hydrogens (tertiary/aromatic N) is 1. The van der Waals surface area contributed by atoms with Gasteiger partial charge in [-0.2, -0.15) is 0 Å². The molecule has 0 radical (unpaired) electrons. The lowest BCUT2D eigenvalue weighted by atomic mass is 10.4. The molecule has 84 valence electrons. The van der Waals surface area contributed by atoms with Crippen LogP contribution in [0.5, 0.6) is 0 Å². The summed E-state index contributed by atoms with van der Waals surface area (Å²) in [4.78, 5) is 5.51. The highest BCUT2D eigenvalue weighted by Gasteiger charge is 1.98. The van der Waals surface area contributed by atoms with E-state index in [1.165, 1.54) is 4.88 Å². The van der Waals surface area contributed by atoms with Gasteiger partial charge in [-0.1, -0.05) is 11.6 Å². The number of aromatic nitrogens is 1. The van der Waals surface area contributed by atoms with Crippen molar-refractivity contribution >= 4 is 40.4 Å². The molecule has 0 atom stereocenters. The summed E-state index contributed by atoms with van der Waals surface area (Å²) in [7, 11) is 0. The number of nitrogens with one attached hydrogen (secondary N) is 1. The Bertz CT molecular complexity index is 453. The van der Waals surface area contributed by atoms with Gasteiger partial charge in [0.1, 0.15) is 0 Å². The van der Waals surface area contributed by atoms with Gasteiger partial charge < -0.3 is 5.32 Å². The first kappa shape index (κ1) is 11.8. The average Bonchev–Trinajstić information content (AvgIpc) is 2.73. The van der Waals surface area contributed by atoms with Gasteiger partial charge in [-0.25, -0.2) is 4.98 Å². The summed E-state index contributed by atoms with van der Waals surface area (Å²) in [5.74, 6) is 0. The first-order valence-electron chi connectivity index (χ1n) is 4.76.